The topological polar surface area (TPSA) is 105 Å². The molecule has 7 nitrogen and oxygen atoms in total. The second kappa shape index (κ2) is 3.19. The van der Waals surface area contributed by atoms with E-state index in [1.165, 1.54) is 0 Å². The molecule has 0 amide bonds. The second-order valence-electron chi connectivity index (χ2n) is 3.05. The molecule has 0 aliphatic rings. The fourth-order valence-electron chi connectivity index (χ4n) is 1.10. The molecule has 2 aromatic heterocycles. The summed E-state index contributed by atoms with van der Waals surface area (Å²) in [5.74, 6) is -1.49. The first-order chi connectivity index (χ1) is 7.09. The van der Waals surface area contributed by atoms with Gasteiger partial charge in [0, 0.05) is 11.3 Å². The Labute approximate surface area is 84.1 Å². The summed E-state index contributed by atoms with van der Waals surface area (Å²) in [4.78, 5) is 14.2. The van der Waals surface area contributed by atoms with Crippen LogP contribution in [0.25, 0.3) is 11.6 Å². The Kier molecular flexibility index (Phi) is 2.00. The normalized spacial score (nSPS) is 10.5. The standard InChI is InChI=1S/C8H8N4O3/c1-3-4(2)10-11-5(3)7-9-6(8(13)14)12-15-7/h1-2H3,(H,10,11)(H,13,14). The first-order valence-corrected chi connectivity index (χ1v) is 4.18. The van der Waals surface area contributed by atoms with Crippen molar-refractivity contribution in [2.75, 3.05) is 0 Å². The minimum Gasteiger partial charge on any atom is -0.475 e. The van der Waals surface area contributed by atoms with Crippen LogP contribution >= 0.6 is 0 Å². The average Bonchev–Trinajstić information content (AvgIpc) is 2.76. The summed E-state index contributed by atoms with van der Waals surface area (Å²) in [5.41, 5.74) is 2.21. The zero-order valence-corrected chi connectivity index (χ0v) is 8.11. The Morgan fingerprint density at radius 3 is 2.67 bits per heavy atom. The minimum absolute atomic E-state index is 0.106. The lowest BCUT2D eigenvalue weighted by molar-refractivity contribution is 0.0680. The monoisotopic (exact) mass is 208 g/mol. The molecule has 2 rings (SSSR count). The molecule has 0 aliphatic carbocycles. The van der Waals surface area contributed by atoms with E-state index in [0.717, 1.165) is 11.3 Å². The molecule has 2 aromatic rings. The van der Waals surface area contributed by atoms with E-state index in [4.69, 9.17) is 9.63 Å². The molecule has 2 N–H and O–H groups in total. The van der Waals surface area contributed by atoms with Gasteiger partial charge in [-0.2, -0.15) is 10.1 Å². The number of hydrogen-bond donors (Lipinski definition) is 2. The predicted molar refractivity (Wildman–Crippen MR) is 48.3 cm³/mol. The van der Waals surface area contributed by atoms with E-state index < -0.39 is 5.97 Å². The molecule has 0 aliphatic heterocycles. The first kappa shape index (κ1) is 9.38. The van der Waals surface area contributed by atoms with Gasteiger partial charge in [-0.15, -0.1) is 0 Å². The Balaban J connectivity index is 2.46. The number of carboxylic acids is 1. The molecule has 0 saturated carbocycles. The Morgan fingerprint density at radius 2 is 2.20 bits per heavy atom. The summed E-state index contributed by atoms with van der Waals surface area (Å²) in [7, 11) is 0. The van der Waals surface area contributed by atoms with Crippen molar-refractivity contribution < 1.29 is 14.4 Å². The number of aromatic nitrogens is 4. The van der Waals surface area contributed by atoms with Crippen LogP contribution in [0.2, 0.25) is 0 Å². The largest absolute Gasteiger partial charge is 0.475 e. The number of carbonyl (C=O) groups is 1. The highest BCUT2D eigenvalue weighted by atomic mass is 16.5. The smallest absolute Gasteiger partial charge is 0.377 e. The van der Waals surface area contributed by atoms with Gasteiger partial charge < -0.3 is 9.63 Å². The van der Waals surface area contributed by atoms with Crippen molar-refractivity contribution in [2.45, 2.75) is 13.8 Å². The van der Waals surface area contributed by atoms with Gasteiger partial charge in [-0.05, 0) is 19.0 Å². The lowest BCUT2D eigenvalue weighted by atomic mass is 10.2. The number of nitrogens with one attached hydrogen (secondary N) is 1. The zero-order chi connectivity index (χ0) is 11.0. The van der Waals surface area contributed by atoms with Crippen LogP contribution in [-0.4, -0.2) is 31.4 Å². The van der Waals surface area contributed by atoms with Crippen LogP contribution in [-0.2, 0) is 0 Å². The molecule has 0 bridgehead atoms. The molecule has 0 atom stereocenters. The molecule has 0 unspecified atom stereocenters. The molecular weight excluding hydrogens is 200 g/mol. The summed E-state index contributed by atoms with van der Waals surface area (Å²) in [6, 6.07) is 0. The van der Waals surface area contributed by atoms with Crippen LogP contribution in [0.4, 0.5) is 0 Å². The zero-order valence-electron chi connectivity index (χ0n) is 8.11. The van der Waals surface area contributed by atoms with E-state index in [1.54, 1.807) is 0 Å². The highest BCUT2D eigenvalue weighted by molar-refractivity contribution is 5.83. The third kappa shape index (κ3) is 1.47. The lowest BCUT2D eigenvalue weighted by Crippen LogP contribution is -1.98. The molecule has 0 radical (unpaired) electrons. The summed E-state index contributed by atoms with van der Waals surface area (Å²) >= 11 is 0. The van der Waals surface area contributed by atoms with Gasteiger partial charge in [0.2, 0.25) is 0 Å². The van der Waals surface area contributed by atoms with Crippen LogP contribution in [0.15, 0.2) is 4.52 Å². The Hall–Kier alpha value is -2.18. The maximum Gasteiger partial charge on any atom is 0.377 e. The van der Waals surface area contributed by atoms with E-state index in [1.807, 2.05) is 13.8 Å². The van der Waals surface area contributed by atoms with Gasteiger partial charge in [-0.25, -0.2) is 4.79 Å². The van der Waals surface area contributed by atoms with Crippen molar-refractivity contribution in [3.63, 3.8) is 0 Å². The minimum atomic E-state index is -1.23. The van der Waals surface area contributed by atoms with E-state index in [2.05, 4.69) is 20.3 Å². The molecule has 0 saturated heterocycles. The van der Waals surface area contributed by atoms with Crippen molar-refractivity contribution in [1.29, 1.82) is 0 Å². The van der Waals surface area contributed by atoms with Gasteiger partial charge in [-0.1, -0.05) is 0 Å². The SMILES string of the molecule is Cc1[nH]nc(-c2nc(C(=O)O)no2)c1C. The van der Waals surface area contributed by atoms with Crippen LogP contribution in [0.1, 0.15) is 21.9 Å². The van der Waals surface area contributed by atoms with Crippen molar-refractivity contribution in [3.05, 3.63) is 17.1 Å². The maximum atomic E-state index is 10.5. The highest BCUT2D eigenvalue weighted by Crippen LogP contribution is 2.20. The summed E-state index contributed by atoms with van der Waals surface area (Å²) in [6.07, 6.45) is 0. The Bertz CT molecular complexity index is 514. The molecule has 0 spiro atoms. The van der Waals surface area contributed by atoms with Crippen molar-refractivity contribution in [2.24, 2.45) is 0 Å². The van der Waals surface area contributed by atoms with Gasteiger partial charge in [0.15, 0.2) is 5.69 Å². The van der Waals surface area contributed by atoms with Crippen LogP contribution in [0.5, 0.6) is 0 Å². The number of H-pyrrole nitrogens is 1. The molecule has 78 valence electrons. The van der Waals surface area contributed by atoms with E-state index in [0.29, 0.717) is 5.69 Å². The van der Waals surface area contributed by atoms with Crippen LogP contribution < -0.4 is 0 Å². The molecular formula is C8H8N4O3. The summed E-state index contributed by atoms with van der Waals surface area (Å²) < 4.78 is 4.78. The second-order valence-corrected chi connectivity index (χ2v) is 3.05. The molecule has 2 heterocycles. The quantitative estimate of drug-likeness (QED) is 0.755. The number of carboxylic acid groups (broad SMARTS) is 1. The Morgan fingerprint density at radius 1 is 1.47 bits per heavy atom. The van der Waals surface area contributed by atoms with Crippen molar-refractivity contribution >= 4 is 5.97 Å². The maximum absolute atomic E-state index is 10.5. The third-order valence-corrected chi connectivity index (χ3v) is 2.07. The number of aromatic amines is 1. The number of nitrogens with zero attached hydrogens (tertiary/aromatic N) is 3. The van der Waals surface area contributed by atoms with Crippen LogP contribution in [0.3, 0.4) is 0 Å². The van der Waals surface area contributed by atoms with Gasteiger partial charge >= 0.3 is 5.97 Å². The molecule has 15 heavy (non-hydrogen) atoms. The molecule has 0 aromatic carbocycles. The van der Waals surface area contributed by atoms with E-state index >= 15 is 0 Å². The van der Waals surface area contributed by atoms with E-state index in [9.17, 15) is 4.79 Å². The lowest BCUT2D eigenvalue weighted by Gasteiger charge is -1.88. The molecule has 0 fully saturated rings. The van der Waals surface area contributed by atoms with Crippen molar-refractivity contribution in [1.82, 2.24) is 20.3 Å². The average molecular weight is 208 g/mol. The highest BCUT2D eigenvalue weighted by Gasteiger charge is 2.18. The summed E-state index contributed by atoms with van der Waals surface area (Å²) in [5, 5.41) is 18.6. The van der Waals surface area contributed by atoms with Gasteiger partial charge in [-0.3, -0.25) is 5.10 Å². The fraction of sp³-hybridized carbons (Fsp3) is 0.250. The van der Waals surface area contributed by atoms with Crippen LogP contribution in [0, 0.1) is 13.8 Å². The van der Waals surface area contributed by atoms with Gasteiger partial charge in [0.25, 0.3) is 11.7 Å². The fourth-order valence-corrected chi connectivity index (χ4v) is 1.10. The number of hydrogen-bond acceptors (Lipinski definition) is 5. The number of aryl methyl sites for hydroxylation is 1. The van der Waals surface area contributed by atoms with Gasteiger partial charge in [0.1, 0.15) is 0 Å². The molecule has 7 heteroatoms. The predicted octanol–water partition coefficient (Wildman–Crippen LogP) is 0.775. The van der Waals surface area contributed by atoms with E-state index in [-0.39, 0.29) is 11.7 Å². The van der Waals surface area contributed by atoms with Crippen molar-refractivity contribution in [3.8, 4) is 11.6 Å². The number of aromatic carboxylic acids is 1. The van der Waals surface area contributed by atoms with Gasteiger partial charge in [0.05, 0.1) is 0 Å². The third-order valence-electron chi connectivity index (χ3n) is 2.07. The first-order valence-electron chi connectivity index (χ1n) is 4.18. The number of rotatable bonds is 2. The summed E-state index contributed by atoms with van der Waals surface area (Å²) in [6.45, 7) is 3.68.